The van der Waals surface area contributed by atoms with Crippen LogP contribution in [-0.4, -0.2) is 17.2 Å². The van der Waals surface area contributed by atoms with Gasteiger partial charge in [0.25, 0.3) is 0 Å². The lowest BCUT2D eigenvalue weighted by Crippen LogP contribution is -2.29. The molecule has 0 spiro atoms. The van der Waals surface area contributed by atoms with Crippen molar-refractivity contribution in [1.29, 1.82) is 0 Å². The molecule has 14 heavy (non-hydrogen) atoms. The summed E-state index contributed by atoms with van der Waals surface area (Å²) in [5, 5.41) is 19.8. The second-order valence-electron chi connectivity index (χ2n) is 2.80. The van der Waals surface area contributed by atoms with E-state index in [1.165, 1.54) is 11.3 Å². The van der Waals surface area contributed by atoms with E-state index in [0.717, 1.165) is 0 Å². The molecule has 2 N–H and O–H groups in total. The lowest BCUT2D eigenvalue weighted by atomic mass is 9.80. The number of fused-ring (bicyclic) bond motifs is 1. The van der Waals surface area contributed by atoms with E-state index in [2.05, 4.69) is 15.9 Å². The fourth-order valence-corrected chi connectivity index (χ4v) is 2.57. The average molecular weight is 275 g/mol. The number of hydrogen-bond acceptors (Lipinski definition) is 3. The number of thiophene rings is 1. The Bertz CT molecular complexity index is 485. The minimum absolute atomic E-state index is 0.212. The van der Waals surface area contributed by atoms with Crippen LogP contribution in [0.1, 0.15) is 0 Å². The molecule has 72 valence electrons. The van der Waals surface area contributed by atoms with Crippen LogP contribution >= 0.6 is 27.3 Å². The molecule has 6 heteroatoms. The summed E-state index contributed by atoms with van der Waals surface area (Å²) in [6.07, 6.45) is 0. The first-order valence-electron chi connectivity index (χ1n) is 3.82. The van der Waals surface area contributed by atoms with Crippen LogP contribution in [0.25, 0.3) is 10.1 Å². The van der Waals surface area contributed by atoms with Crippen LogP contribution in [0.5, 0.6) is 0 Å². The van der Waals surface area contributed by atoms with Gasteiger partial charge in [-0.1, -0.05) is 0 Å². The Kier molecular flexibility index (Phi) is 2.61. The minimum atomic E-state index is -1.63. The third-order valence-corrected chi connectivity index (χ3v) is 3.51. The topological polar surface area (TPSA) is 40.5 Å². The first kappa shape index (κ1) is 10.1. The predicted octanol–water partition coefficient (Wildman–Crippen LogP) is 1.48. The van der Waals surface area contributed by atoms with Crippen LogP contribution in [0.2, 0.25) is 0 Å². The van der Waals surface area contributed by atoms with E-state index in [4.69, 9.17) is 10.0 Å². The molecule has 1 heterocycles. The molecule has 1 aromatic carbocycles. The Labute approximate surface area is 92.3 Å². The van der Waals surface area contributed by atoms with Gasteiger partial charge in [0.1, 0.15) is 5.82 Å². The summed E-state index contributed by atoms with van der Waals surface area (Å²) in [6, 6.07) is 3.33. The molecule has 0 aliphatic heterocycles. The molecule has 2 nitrogen and oxygen atoms in total. The summed E-state index contributed by atoms with van der Waals surface area (Å²) in [5.74, 6) is -0.452. The van der Waals surface area contributed by atoms with Crippen molar-refractivity contribution in [1.82, 2.24) is 0 Å². The molecule has 0 amide bonds. The van der Waals surface area contributed by atoms with Crippen LogP contribution in [0.4, 0.5) is 4.39 Å². The minimum Gasteiger partial charge on any atom is -0.423 e. The Balaban J connectivity index is 2.82. The predicted molar refractivity (Wildman–Crippen MR) is 59.3 cm³/mol. The smallest absolute Gasteiger partial charge is 0.423 e. The molecule has 0 radical (unpaired) electrons. The van der Waals surface area contributed by atoms with Gasteiger partial charge in [-0.05, 0) is 33.4 Å². The quantitative estimate of drug-likeness (QED) is 0.774. The fourth-order valence-electron chi connectivity index (χ4n) is 1.28. The highest BCUT2D eigenvalue weighted by molar-refractivity contribution is 9.10. The highest BCUT2D eigenvalue weighted by Gasteiger charge is 2.20. The van der Waals surface area contributed by atoms with Crippen LogP contribution in [-0.2, 0) is 0 Å². The third kappa shape index (κ3) is 1.48. The van der Waals surface area contributed by atoms with Gasteiger partial charge in [0.2, 0.25) is 0 Å². The number of hydrogen-bond donors (Lipinski definition) is 2. The van der Waals surface area contributed by atoms with E-state index < -0.39 is 12.9 Å². The first-order chi connectivity index (χ1) is 6.61. The molecule has 0 fully saturated rings. The number of halogens is 2. The average Bonchev–Trinajstić information content (AvgIpc) is 2.55. The lowest BCUT2D eigenvalue weighted by molar-refractivity contribution is 0.426. The molecular weight excluding hydrogens is 270 g/mol. The molecule has 0 aliphatic rings. The van der Waals surface area contributed by atoms with Crippen molar-refractivity contribution in [3.05, 3.63) is 27.8 Å². The molecule has 1 aromatic heterocycles. The van der Waals surface area contributed by atoms with Crippen LogP contribution in [0.3, 0.4) is 0 Å². The standard InChI is InChI=1S/C8H5BBrFO2S/c10-5-1-2-6-7(8(5)11)4(3-14-6)9(12)13/h1-3,12-13H. The summed E-state index contributed by atoms with van der Waals surface area (Å²) < 4.78 is 14.6. The summed E-state index contributed by atoms with van der Waals surface area (Å²) in [4.78, 5) is 0. The molecule has 2 aromatic rings. The normalized spacial score (nSPS) is 10.9. The maximum Gasteiger partial charge on any atom is 0.490 e. The maximum absolute atomic E-state index is 13.6. The Morgan fingerprint density at radius 1 is 1.36 bits per heavy atom. The molecular formula is C8H5BBrFO2S. The van der Waals surface area contributed by atoms with Gasteiger partial charge in [-0.3, -0.25) is 0 Å². The molecule has 2 rings (SSSR count). The van der Waals surface area contributed by atoms with Gasteiger partial charge < -0.3 is 10.0 Å². The van der Waals surface area contributed by atoms with Gasteiger partial charge in [-0.25, -0.2) is 4.39 Å². The molecule has 0 saturated heterocycles. The monoisotopic (exact) mass is 274 g/mol. The van der Waals surface area contributed by atoms with Gasteiger partial charge in [0.15, 0.2) is 0 Å². The maximum atomic E-state index is 13.6. The zero-order valence-electron chi connectivity index (χ0n) is 6.87. The summed E-state index contributed by atoms with van der Waals surface area (Å²) in [6.45, 7) is 0. The first-order valence-corrected chi connectivity index (χ1v) is 5.49. The van der Waals surface area contributed by atoms with Crippen molar-refractivity contribution in [3.63, 3.8) is 0 Å². The highest BCUT2D eigenvalue weighted by atomic mass is 79.9. The van der Waals surface area contributed by atoms with E-state index in [1.54, 1.807) is 17.5 Å². The zero-order chi connectivity index (χ0) is 10.3. The van der Waals surface area contributed by atoms with E-state index in [0.29, 0.717) is 9.17 Å². The largest absolute Gasteiger partial charge is 0.490 e. The van der Waals surface area contributed by atoms with Crippen molar-refractivity contribution in [2.24, 2.45) is 0 Å². The van der Waals surface area contributed by atoms with E-state index >= 15 is 0 Å². The van der Waals surface area contributed by atoms with Gasteiger partial charge in [-0.2, -0.15) is 0 Å². The van der Waals surface area contributed by atoms with Gasteiger partial charge in [0.05, 0.1) is 4.47 Å². The van der Waals surface area contributed by atoms with Crippen molar-refractivity contribution >= 4 is 49.9 Å². The summed E-state index contributed by atoms with van der Waals surface area (Å²) in [7, 11) is -1.63. The van der Waals surface area contributed by atoms with Crippen molar-refractivity contribution < 1.29 is 14.4 Å². The van der Waals surface area contributed by atoms with Crippen LogP contribution in [0, 0.1) is 5.82 Å². The Morgan fingerprint density at radius 2 is 2.07 bits per heavy atom. The van der Waals surface area contributed by atoms with E-state index in [-0.39, 0.29) is 10.8 Å². The number of benzene rings is 1. The van der Waals surface area contributed by atoms with Crippen molar-refractivity contribution in [3.8, 4) is 0 Å². The summed E-state index contributed by atoms with van der Waals surface area (Å²) >= 11 is 4.33. The Morgan fingerprint density at radius 3 is 2.71 bits per heavy atom. The van der Waals surface area contributed by atoms with Crippen LogP contribution < -0.4 is 5.46 Å². The molecule has 0 aliphatic carbocycles. The highest BCUT2D eigenvalue weighted by Crippen LogP contribution is 2.27. The molecule has 0 atom stereocenters. The molecule has 0 bridgehead atoms. The second-order valence-corrected chi connectivity index (χ2v) is 4.56. The molecule has 0 saturated carbocycles. The lowest BCUT2D eigenvalue weighted by Gasteiger charge is -2.00. The van der Waals surface area contributed by atoms with Crippen molar-refractivity contribution in [2.45, 2.75) is 0 Å². The van der Waals surface area contributed by atoms with E-state index in [1.807, 2.05) is 0 Å². The zero-order valence-corrected chi connectivity index (χ0v) is 9.27. The van der Waals surface area contributed by atoms with Gasteiger partial charge in [0, 0.05) is 15.5 Å². The SMILES string of the molecule is OB(O)c1csc2ccc(Br)c(F)c12. The number of rotatable bonds is 1. The Hall–Kier alpha value is -0.425. The fraction of sp³-hybridized carbons (Fsp3) is 0. The summed E-state index contributed by atoms with van der Waals surface area (Å²) in [5.41, 5.74) is 0.212. The second kappa shape index (κ2) is 3.62. The van der Waals surface area contributed by atoms with E-state index in [9.17, 15) is 4.39 Å². The van der Waals surface area contributed by atoms with Crippen LogP contribution in [0.15, 0.2) is 22.0 Å². The third-order valence-electron chi connectivity index (χ3n) is 1.94. The van der Waals surface area contributed by atoms with Crippen molar-refractivity contribution in [2.75, 3.05) is 0 Å². The molecule has 0 unspecified atom stereocenters. The van der Waals surface area contributed by atoms with Gasteiger partial charge in [-0.15, -0.1) is 11.3 Å². The van der Waals surface area contributed by atoms with Gasteiger partial charge >= 0.3 is 7.12 Å².